The first-order valence-corrected chi connectivity index (χ1v) is 14.9. The van der Waals surface area contributed by atoms with Crippen LogP contribution in [0.2, 0.25) is 0 Å². The van der Waals surface area contributed by atoms with E-state index in [2.05, 4.69) is 16.0 Å². The molecule has 0 aliphatic carbocycles. The highest BCUT2D eigenvalue weighted by Gasteiger charge is 2.46. The molecule has 2 heterocycles. The average molecular weight is 541 g/mol. The minimum Gasteiger partial charge on any atom is -0.331 e. The Bertz CT molecular complexity index is 1140. The zero-order valence-corrected chi connectivity index (χ0v) is 22.7. The van der Waals surface area contributed by atoms with E-state index in [1.807, 2.05) is 0 Å². The Morgan fingerprint density at radius 2 is 1.37 bits per heavy atom. The number of hydrogen-bond acceptors (Lipinski definition) is 7. The monoisotopic (exact) mass is 540 g/mol. The SMILES string of the molecule is C[C@H](N)C(=O)Nc1ccc(P(=O)(c2ccc(NC(=O)[C@H](C)N)cc2)C2CCCN2C(=O)[C@@H]2CCCN2)cc1. The van der Waals surface area contributed by atoms with Gasteiger partial charge < -0.3 is 36.9 Å². The van der Waals surface area contributed by atoms with Crippen LogP contribution in [0.3, 0.4) is 0 Å². The molecule has 2 saturated heterocycles. The van der Waals surface area contributed by atoms with Crippen LogP contribution in [0.1, 0.15) is 39.5 Å². The molecular weight excluding hydrogens is 503 g/mol. The fourth-order valence-electron chi connectivity index (χ4n) is 5.02. The van der Waals surface area contributed by atoms with Crippen LogP contribution in [0, 0.1) is 0 Å². The normalized spacial score (nSPS) is 21.1. The summed E-state index contributed by atoms with van der Waals surface area (Å²) in [5.41, 5.74) is 12.4. The first-order chi connectivity index (χ1) is 18.1. The maximum Gasteiger partial charge on any atom is 0.240 e. The molecule has 0 spiro atoms. The molecule has 0 radical (unpaired) electrons. The predicted molar refractivity (Wildman–Crippen MR) is 150 cm³/mol. The van der Waals surface area contributed by atoms with Crippen LogP contribution in [0.5, 0.6) is 0 Å². The van der Waals surface area contributed by atoms with Gasteiger partial charge in [0.15, 0.2) is 7.14 Å². The van der Waals surface area contributed by atoms with Gasteiger partial charge in [-0.1, -0.05) is 0 Å². The van der Waals surface area contributed by atoms with E-state index in [1.165, 1.54) is 0 Å². The van der Waals surface area contributed by atoms with Gasteiger partial charge in [0.05, 0.1) is 23.9 Å². The second kappa shape index (κ2) is 11.8. The predicted octanol–water partition coefficient (Wildman–Crippen LogP) is 1.27. The molecule has 204 valence electrons. The molecule has 1 unspecified atom stereocenters. The highest BCUT2D eigenvalue weighted by atomic mass is 31.2. The Morgan fingerprint density at radius 1 is 0.868 bits per heavy atom. The number of amides is 3. The van der Waals surface area contributed by atoms with E-state index in [9.17, 15) is 14.4 Å². The van der Waals surface area contributed by atoms with Gasteiger partial charge in [0.2, 0.25) is 17.7 Å². The summed E-state index contributed by atoms with van der Waals surface area (Å²) in [5, 5.41) is 9.96. The molecule has 2 aromatic rings. The summed E-state index contributed by atoms with van der Waals surface area (Å²) in [4.78, 5) is 39.3. The third kappa shape index (κ3) is 5.83. The molecule has 38 heavy (non-hydrogen) atoms. The molecular formula is C27H37N6O4P. The van der Waals surface area contributed by atoms with Crippen molar-refractivity contribution < 1.29 is 18.9 Å². The first-order valence-electron chi connectivity index (χ1n) is 13.1. The summed E-state index contributed by atoms with van der Waals surface area (Å²) >= 11 is 0. The second-order valence-electron chi connectivity index (χ2n) is 10.1. The summed E-state index contributed by atoms with van der Waals surface area (Å²) in [6.07, 6.45) is 3.09. The number of carbonyl (C=O) groups excluding carboxylic acids is 3. The quantitative estimate of drug-likeness (QED) is 0.315. The van der Waals surface area contributed by atoms with E-state index in [4.69, 9.17) is 11.5 Å². The fourth-order valence-corrected chi connectivity index (χ4v) is 8.36. The van der Waals surface area contributed by atoms with E-state index in [1.54, 1.807) is 67.3 Å². The van der Waals surface area contributed by atoms with Gasteiger partial charge in [0.1, 0.15) is 0 Å². The van der Waals surface area contributed by atoms with Gasteiger partial charge in [-0.05, 0) is 94.6 Å². The molecule has 2 aliphatic rings. The minimum atomic E-state index is -3.37. The van der Waals surface area contributed by atoms with Crippen molar-refractivity contribution >= 4 is 46.8 Å². The molecule has 2 aromatic carbocycles. The van der Waals surface area contributed by atoms with Crippen molar-refractivity contribution in [2.75, 3.05) is 23.7 Å². The van der Waals surface area contributed by atoms with Crippen molar-refractivity contribution in [2.24, 2.45) is 11.5 Å². The molecule has 3 amide bonds. The van der Waals surface area contributed by atoms with Gasteiger partial charge >= 0.3 is 0 Å². The standard InChI is InChI=1S/C27H37N6O4P/c1-17(28)25(34)31-19-7-11-21(12-8-19)38(37,22-13-9-20(10-14-22)32-26(35)18(2)29)24-6-4-16-33(24)27(36)23-5-3-15-30-23/h7-14,17-18,23-24,30H,3-6,15-16,28-29H2,1-2H3,(H,31,34)(H,32,35)/t17-,18-,23-,24?/m0/s1. The third-order valence-corrected chi connectivity index (χ3v) is 10.7. The van der Waals surface area contributed by atoms with Crippen molar-refractivity contribution in [3.8, 4) is 0 Å². The van der Waals surface area contributed by atoms with Gasteiger partial charge in [-0.25, -0.2) is 0 Å². The summed E-state index contributed by atoms with van der Waals surface area (Å²) in [7, 11) is -3.37. The lowest BCUT2D eigenvalue weighted by molar-refractivity contribution is -0.132. The number of carbonyl (C=O) groups is 3. The number of benzene rings is 2. The van der Waals surface area contributed by atoms with Gasteiger partial charge in [0, 0.05) is 28.5 Å². The lowest BCUT2D eigenvalue weighted by Crippen LogP contribution is -2.47. The molecule has 7 N–H and O–H groups in total. The number of likely N-dealkylation sites (tertiary alicyclic amines) is 1. The molecule has 2 aliphatic heterocycles. The van der Waals surface area contributed by atoms with Gasteiger partial charge in [-0.15, -0.1) is 0 Å². The van der Waals surface area contributed by atoms with Crippen LogP contribution < -0.4 is 38.0 Å². The Kier molecular flexibility index (Phi) is 8.67. The number of nitrogens with zero attached hydrogens (tertiary/aromatic N) is 1. The summed E-state index contributed by atoms with van der Waals surface area (Å²) in [6, 6.07) is 12.2. The fraction of sp³-hybridized carbons (Fsp3) is 0.444. The lowest BCUT2D eigenvalue weighted by Gasteiger charge is -2.34. The summed E-state index contributed by atoms with van der Waals surface area (Å²) in [5.74, 6) is -1.14. The maximum absolute atomic E-state index is 15.2. The van der Waals surface area contributed by atoms with Crippen molar-refractivity contribution in [1.82, 2.24) is 10.2 Å². The number of rotatable bonds is 8. The van der Waals surface area contributed by atoms with Gasteiger partial charge in [0.25, 0.3) is 0 Å². The van der Waals surface area contributed by atoms with Crippen molar-refractivity contribution in [3.63, 3.8) is 0 Å². The van der Waals surface area contributed by atoms with Crippen molar-refractivity contribution in [3.05, 3.63) is 48.5 Å². The smallest absolute Gasteiger partial charge is 0.240 e. The Hall–Kier alpha value is -3.04. The Labute approximate surface area is 223 Å². The zero-order chi connectivity index (χ0) is 27.4. The van der Waals surface area contributed by atoms with E-state index < -0.39 is 25.0 Å². The van der Waals surface area contributed by atoms with Gasteiger partial charge in [-0.2, -0.15) is 0 Å². The lowest BCUT2D eigenvalue weighted by atomic mass is 10.2. The Balaban J connectivity index is 1.71. The van der Waals surface area contributed by atoms with E-state index in [0.717, 1.165) is 25.8 Å². The topological polar surface area (TPSA) is 160 Å². The van der Waals surface area contributed by atoms with E-state index in [-0.39, 0.29) is 23.8 Å². The van der Waals surface area contributed by atoms with Crippen LogP contribution in [-0.2, 0) is 18.9 Å². The number of hydrogen-bond donors (Lipinski definition) is 5. The van der Waals surface area contributed by atoms with Gasteiger partial charge in [-0.3, -0.25) is 14.4 Å². The van der Waals surface area contributed by atoms with Crippen LogP contribution in [0.4, 0.5) is 11.4 Å². The summed E-state index contributed by atoms with van der Waals surface area (Å²) in [6.45, 7) is 4.55. The average Bonchev–Trinajstić information content (AvgIpc) is 3.62. The molecule has 10 nitrogen and oxygen atoms in total. The molecule has 11 heteroatoms. The van der Waals surface area contributed by atoms with Crippen molar-refractivity contribution in [2.45, 2.75) is 63.4 Å². The number of nitrogens with two attached hydrogens (primary N) is 2. The molecule has 0 saturated carbocycles. The minimum absolute atomic E-state index is 0.00754. The van der Waals surface area contributed by atoms with Crippen LogP contribution in [0.15, 0.2) is 48.5 Å². The number of anilines is 2. The van der Waals surface area contributed by atoms with Crippen molar-refractivity contribution in [1.29, 1.82) is 0 Å². The van der Waals surface area contributed by atoms with Crippen LogP contribution in [-0.4, -0.2) is 59.6 Å². The highest BCUT2D eigenvalue weighted by Crippen LogP contribution is 2.54. The zero-order valence-electron chi connectivity index (χ0n) is 21.9. The van der Waals surface area contributed by atoms with E-state index >= 15 is 4.57 Å². The molecule has 0 bridgehead atoms. The maximum atomic E-state index is 15.2. The number of nitrogens with one attached hydrogen (secondary N) is 3. The van der Waals surface area contributed by atoms with Crippen LogP contribution >= 0.6 is 7.14 Å². The molecule has 4 atom stereocenters. The molecule has 2 fully saturated rings. The third-order valence-electron chi connectivity index (χ3n) is 7.15. The second-order valence-corrected chi connectivity index (χ2v) is 13.1. The van der Waals surface area contributed by atoms with E-state index in [0.29, 0.717) is 34.9 Å². The first kappa shape index (κ1) is 28.0. The highest BCUT2D eigenvalue weighted by molar-refractivity contribution is 7.79. The largest absolute Gasteiger partial charge is 0.331 e. The van der Waals surface area contributed by atoms with Crippen LogP contribution in [0.25, 0.3) is 0 Å². The molecule has 0 aromatic heterocycles. The Morgan fingerprint density at radius 3 is 1.79 bits per heavy atom. The molecule has 4 rings (SSSR count). The summed E-state index contributed by atoms with van der Waals surface area (Å²) < 4.78 is 15.2.